The van der Waals surface area contributed by atoms with Gasteiger partial charge in [-0.25, -0.2) is 0 Å². The van der Waals surface area contributed by atoms with Crippen LogP contribution in [0.5, 0.6) is 0 Å². The van der Waals surface area contributed by atoms with Gasteiger partial charge in [-0.1, -0.05) is 48.5 Å². The van der Waals surface area contributed by atoms with Crippen molar-refractivity contribution in [2.45, 2.75) is 25.9 Å². The van der Waals surface area contributed by atoms with Crippen molar-refractivity contribution in [3.05, 3.63) is 71.9 Å². The van der Waals surface area contributed by atoms with E-state index in [1.54, 1.807) is 0 Å². The fourth-order valence-electron chi connectivity index (χ4n) is 3.81. The number of hydrogen-bond donors (Lipinski definition) is 0. The average Bonchev–Trinajstić information content (AvgIpc) is 3.11. The molecule has 1 aliphatic heterocycles. The molecular weight excluding hydrogens is 268 g/mol. The molecule has 0 amide bonds. The maximum Gasteiger partial charge on any atom is 0.0485 e. The third-order valence-electron chi connectivity index (χ3n) is 4.80. The number of para-hydroxylation sites is 1. The van der Waals surface area contributed by atoms with Crippen molar-refractivity contribution < 1.29 is 0 Å². The molecule has 1 saturated heterocycles. The van der Waals surface area contributed by atoms with E-state index in [4.69, 9.17) is 0 Å². The van der Waals surface area contributed by atoms with E-state index < -0.39 is 0 Å². The first-order valence-electron chi connectivity index (χ1n) is 8.14. The lowest BCUT2D eigenvalue weighted by atomic mass is 10.2. The summed E-state index contributed by atoms with van der Waals surface area (Å²) >= 11 is 0. The van der Waals surface area contributed by atoms with Crippen LogP contribution in [0.4, 0.5) is 0 Å². The lowest BCUT2D eigenvalue weighted by Gasteiger charge is -2.19. The molecule has 2 heteroatoms. The van der Waals surface area contributed by atoms with E-state index in [0.717, 1.165) is 13.1 Å². The molecule has 0 bridgehead atoms. The number of hydrogen-bond acceptors (Lipinski definition) is 1. The van der Waals surface area contributed by atoms with Gasteiger partial charge in [0, 0.05) is 36.9 Å². The Labute approximate surface area is 132 Å². The quantitative estimate of drug-likeness (QED) is 0.694. The van der Waals surface area contributed by atoms with Crippen LogP contribution in [0.15, 0.2) is 60.7 Å². The molecule has 1 fully saturated rings. The highest BCUT2D eigenvalue weighted by molar-refractivity contribution is 5.81. The maximum atomic E-state index is 2.58. The van der Waals surface area contributed by atoms with Crippen LogP contribution in [0.1, 0.15) is 23.7 Å². The molecule has 1 atom stereocenters. The summed E-state index contributed by atoms with van der Waals surface area (Å²) in [5.41, 5.74) is 4.18. The Morgan fingerprint density at radius 3 is 2.64 bits per heavy atom. The lowest BCUT2D eigenvalue weighted by Crippen LogP contribution is -2.21. The molecule has 2 nitrogen and oxygen atoms in total. The van der Waals surface area contributed by atoms with Gasteiger partial charge in [-0.2, -0.15) is 0 Å². The van der Waals surface area contributed by atoms with Crippen molar-refractivity contribution in [3.63, 3.8) is 0 Å². The Bertz CT molecular complexity index is 773. The van der Waals surface area contributed by atoms with Gasteiger partial charge in [-0.15, -0.1) is 0 Å². The standard InChI is InChI=1S/C20H22N2/c1-16-13-18-9-5-6-10-20(18)22(16)19-11-12-21(15-19)14-17-7-3-2-4-8-17/h2-10,13,19H,11-12,14-15H2,1H3. The number of nitrogens with zero attached hydrogens (tertiary/aromatic N) is 2. The summed E-state index contributed by atoms with van der Waals surface area (Å²) in [4.78, 5) is 2.58. The number of fused-ring (bicyclic) bond motifs is 1. The summed E-state index contributed by atoms with van der Waals surface area (Å²) in [7, 11) is 0. The second-order valence-corrected chi connectivity index (χ2v) is 6.38. The van der Waals surface area contributed by atoms with Crippen LogP contribution in [-0.4, -0.2) is 22.6 Å². The molecule has 0 spiro atoms. The molecule has 0 saturated carbocycles. The van der Waals surface area contributed by atoms with Gasteiger partial charge in [0.2, 0.25) is 0 Å². The lowest BCUT2D eigenvalue weighted by molar-refractivity contribution is 0.317. The van der Waals surface area contributed by atoms with Gasteiger partial charge in [0.05, 0.1) is 0 Å². The Hall–Kier alpha value is -2.06. The number of benzene rings is 2. The van der Waals surface area contributed by atoms with E-state index in [-0.39, 0.29) is 0 Å². The molecule has 112 valence electrons. The molecular formula is C20H22N2. The third-order valence-corrected chi connectivity index (χ3v) is 4.80. The van der Waals surface area contributed by atoms with Gasteiger partial charge < -0.3 is 4.57 Å². The number of aromatic nitrogens is 1. The Kier molecular flexibility index (Phi) is 3.47. The van der Waals surface area contributed by atoms with E-state index in [9.17, 15) is 0 Å². The minimum atomic E-state index is 0.601. The first kappa shape index (κ1) is 13.6. The largest absolute Gasteiger partial charge is 0.340 e. The molecule has 1 aliphatic rings. The Morgan fingerprint density at radius 2 is 1.77 bits per heavy atom. The molecule has 1 aromatic heterocycles. The van der Waals surface area contributed by atoms with E-state index in [2.05, 4.69) is 77.1 Å². The average molecular weight is 290 g/mol. The summed E-state index contributed by atoms with van der Waals surface area (Å²) < 4.78 is 2.54. The summed E-state index contributed by atoms with van der Waals surface area (Å²) in [5, 5.41) is 1.36. The van der Waals surface area contributed by atoms with Crippen molar-refractivity contribution in [2.75, 3.05) is 13.1 Å². The second kappa shape index (κ2) is 5.62. The number of likely N-dealkylation sites (tertiary alicyclic amines) is 1. The predicted molar refractivity (Wildman–Crippen MR) is 92.0 cm³/mol. The summed E-state index contributed by atoms with van der Waals surface area (Å²) in [6.07, 6.45) is 1.24. The van der Waals surface area contributed by atoms with Crippen LogP contribution < -0.4 is 0 Å². The highest BCUT2D eigenvalue weighted by Gasteiger charge is 2.25. The number of aryl methyl sites for hydroxylation is 1. The van der Waals surface area contributed by atoms with Crippen LogP contribution in [0, 0.1) is 6.92 Å². The van der Waals surface area contributed by atoms with Gasteiger partial charge in [0.25, 0.3) is 0 Å². The fraction of sp³-hybridized carbons (Fsp3) is 0.300. The van der Waals surface area contributed by atoms with Gasteiger partial charge >= 0.3 is 0 Å². The van der Waals surface area contributed by atoms with E-state index in [0.29, 0.717) is 6.04 Å². The second-order valence-electron chi connectivity index (χ2n) is 6.38. The normalized spacial score (nSPS) is 19.0. The van der Waals surface area contributed by atoms with Crippen molar-refractivity contribution >= 4 is 10.9 Å². The van der Waals surface area contributed by atoms with Crippen LogP contribution in [0.25, 0.3) is 10.9 Å². The zero-order valence-corrected chi connectivity index (χ0v) is 13.1. The smallest absolute Gasteiger partial charge is 0.0485 e. The molecule has 0 aliphatic carbocycles. The fourth-order valence-corrected chi connectivity index (χ4v) is 3.81. The van der Waals surface area contributed by atoms with Crippen molar-refractivity contribution in [1.82, 2.24) is 9.47 Å². The number of rotatable bonds is 3. The monoisotopic (exact) mass is 290 g/mol. The maximum absolute atomic E-state index is 2.58. The topological polar surface area (TPSA) is 8.17 Å². The van der Waals surface area contributed by atoms with Crippen LogP contribution in [-0.2, 0) is 6.54 Å². The molecule has 22 heavy (non-hydrogen) atoms. The minimum Gasteiger partial charge on any atom is -0.340 e. The minimum absolute atomic E-state index is 0.601. The Morgan fingerprint density at radius 1 is 1.00 bits per heavy atom. The van der Waals surface area contributed by atoms with Crippen molar-refractivity contribution in [2.24, 2.45) is 0 Å². The van der Waals surface area contributed by atoms with Crippen LogP contribution in [0.3, 0.4) is 0 Å². The molecule has 0 radical (unpaired) electrons. The predicted octanol–water partition coefficient (Wildman–Crippen LogP) is 4.40. The SMILES string of the molecule is Cc1cc2ccccc2n1C1CCN(Cc2ccccc2)C1. The molecule has 4 rings (SSSR count). The zero-order valence-electron chi connectivity index (χ0n) is 13.1. The molecule has 2 heterocycles. The first-order valence-corrected chi connectivity index (χ1v) is 8.14. The third kappa shape index (κ3) is 2.44. The summed E-state index contributed by atoms with van der Waals surface area (Å²) in [6, 6.07) is 22.5. The Balaban J connectivity index is 1.56. The van der Waals surface area contributed by atoms with Crippen molar-refractivity contribution in [3.8, 4) is 0 Å². The van der Waals surface area contributed by atoms with E-state index in [1.165, 1.54) is 35.1 Å². The van der Waals surface area contributed by atoms with Crippen molar-refractivity contribution in [1.29, 1.82) is 0 Å². The van der Waals surface area contributed by atoms with Gasteiger partial charge in [-0.3, -0.25) is 4.90 Å². The van der Waals surface area contributed by atoms with Gasteiger partial charge in [0.1, 0.15) is 0 Å². The van der Waals surface area contributed by atoms with E-state index in [1.807, 2.05) is 0 Å². The van der Waals surface area contributed by atoms with Gasteiger partial charge in [-0.05, 0) is 36.4 Å². The summed E-state index contributed by atoms with van der Waals surface area (Å²) in [5.74, 6) is 0. The molecule has 3 aromatic rings. The highest BCUT2D eigenvalue weighted by atomic mass is 15.2. The van der Waals surface area contributed by atoms with Gasteiger partial charge in [0.15, 0.2) is 0 Å². The van der Waals surface area contributed by atoms with E-state index >= 15 is 0 Å². The summed E-state index contributed by atoms with van der Waals surface area (Å²) in [6.45, 7) is 5.63. The highest BCUT2D eigenvalue weighted by Crippen LogP contribution is 2.30. The zero-order chi connectivity index (χ0) is 14.9. The van der Waals surface area contributed by atoms with Crippen LogP contribution in [0.2, 0.25) is 0 Å². The molecule has 1 unspecified atom stereocenters. The molecule has 0 N–H and O–H groups in total. The first-order chi connectivity index (χ1) is 10.8. The molecule has 2 aromatic carbocycles. The van der Waals surface area contributed by atoms with Crippen LogP contribution >= 0.6 is 0 Å².